The lowest BCUT2D eigenvalue weighted by atomic mass is 10.4. The first-order valence-electron chi connectivity index (χ1n) is 3.65. The second-order valence-electron chi connectivity index (χ2n) is 2.28. The third-order valence-electron chi connectivity index (χ3n) is 1.36. The Bertz CT molecular complexity index is 304. The second kappa shape index (κ2) is 4.67. The fourth-order valence-electron chi connectivity index (χ4n) is 0.742. The molecule has 0 saturated carbocycles. The van der Waals surface area contributed by atoms with Gasteiger partial charge in [0.1, 0.15) is 17.5 Å². The number of methoxy groups -OCH3 is 1. The van der Waals surface area contributed by atoms with Gasteiger partial charge in [0.05, 0.1) is 7.11 Å². The van der Waals surface area contributed by atoms with Gasteiger partial charge in [-0.1, -0.05) is 17.7 Å². The van der Waals surface area contributed by atoms with Gasteiger partial charge in [-0.05, 0) is 12.1 Å². The van der Waals surface area contributed by atoms with E-state index < -0.39 is 0 Å². The molecule has 4 nitrogen and oxygen atoms in total. The minimum absolute atomic E-state index is 0.0871. The molecule has 0 aliphatic heterocycles. The standard InChI is InChI=1S/C8H9ClN2O2/c1-13-8(12)5-10-7-4-2-3-6(9)11-7/h2-4H,5H2,1H3,(H,10,11). The molecule has 1 rings (SSSR count). The van der Waals surface area contributed by atoms with Gasteiger partial charge < -0.3 is 10.1 Å². The van der Waals surface area contributed by atoms with Crippen LogP contribution in [0.25, 0.3) is 0 Å². The van der Waals surface area contributed by atoms with Crippen molar-refractivity contribution >= 4 is 23.4 Å². The number of carbonyl (C=O) groups excluding carboxylic acids is 1. The number of aromatic nitrogens is 1. The molecular formula is C8H9ClN2O2. The highest BCUT2D eigenvalue weighted by atomic mass is 35.5. The third kappa shape index (κ3) is 3.29. The highest BCUT2D eigenvalue weighted by molar-refractivity contribution is 6.29. The zero-order chi connectivity index (χ0) is 9.68. The van der Waals surface area contributed by atoms with Gasteiger partial charge in [0, 0.05) is 0 Å². The van der Waals surface area contributed by atoms with Crippen molar-refractivity contribution < 1.29 is 9.53 Å². The first kappa shape index (κ1) is 9.80. The minimum Gasteiger partial charge on any atom is -0.468 e. The maximum Gasteiger partial charge on any atom is 0.325 e. The topological polar surface area (TPSA) is 51.2 Å². The van der Waals surface area contributed by atoms with E-state index in [0.717, 1.165) is 0 Å². The Morgan fingerprint density at radius 2 is 2.46 bits per heavy atom. The van der Waals surface area contributed by atoms with Crippen LogP contribution >= 0.6 is 11.6 Å². The molecule has 5 heteroatoms. The van der Waals surface area contributed by atoms with Crippen molar-refractivity contribution in [2.24, 2.45) is 0 Å². The molecule has 0 aromatic carbocycles. The zero-order valence-corrected chi connectivity index (χ0v) is 7.84. The summed E-state index contributed by atoms with van der Waals surface area (Å²) in [5.74, 6) is 0.208. The van der Waals surface area contributed by atoms with Crippen LogP contribution in [0.3, 0.4) is 0 Å². The summed E-state index contributed by atoms with van der Waals surface area (Å²) in [7, 11) is 1.33. The van der Waals surface area contributed by atoms with E-state index in [1.54, 1.807) is 18.2 Å². The number of esters is 1. The van der Waals surface area contributed by atoms with Crippen molar-refractivity contribution in [2.75, 3.05) is 19.0 Å². The van der Waals surface area contributed by atoms with Gasteiger partial charge in [-0.15, -0.1) is 0 Å². The van der Waals surface area contributed by atoms with E-state index in [-0.39, 0.29) is 12.5 Å². The number of rotatable bonds is 3. The Morgan fingerprint density at radius 3 is 3.08 bits per heavy atom. The molecule has 0 spiro atoms. The van der Waals surface area contributed by atoms with Crippen LogP contribution in [0.2, 0.25) is 5.15 Å². The molecule has 1 aromatic rings. The van der Waals surface area contributed by atoms with E-state index in [2.05, 4.69) is 15.0 Å². The van der Waals surface area contributed by atoms with Crippen molar-refractivity contribution in [3.05, 3.63) is 23.4 Å². The molecular weight excluding hydrogens is 192 g/mol. The minimum atomic E-state index is -0.346. The van der Waals surface area contributed by atoms with Crippen LogP contribution in [0.1, 0.15) is 0 Å². The Labute approximate surface area is 80.9 Å². The van der Waals surface area contributed by atoms with E-state index in [0.29, 0.717) is 11.0 Å². The van der Waals surface area contributed by atoms with Gasteiger partial charge in [0.25, 0.3) is 0 Å². The molecule has 0 aliphatic rings. The van der Waals surface area contributed by atoms with Crippen molar-refractivity contribution in [3.8, 4) is 0 Å². The van der Waals surface area contributed by atoms with E-state index in [9.17, 15) is 4.79 Å². The quantitative estimate of drug-likeness (QED) is 0.591. The SMILES string of the molecule is COC(=O)CNc1cccc(Cl)n1. The molecule has 0 radical (unpaired) electrons. The van der Waals surface area contributed by atoms with Gasteiger partial charge >= 0.3 is 5.97 Å². The molecule has 0 saturated heterocycles. The van der Waals surface area contributed by atoms with Crippen LogP contribution in [0.5, 0.6) is 0 Å². The Hall–Kier alpha value is -1.29. The number of ether oxygens (including phenoxy) is 1. The molecule has 1 N–H and O–H groups in total. The second-order valence-corrected chi connectivity index (χ2v) is 2.66. The average Bonchev–Trinajstić information content (AvgIpc) is 2.14. The largest absolute Gasteiger partial charge is 0.468 e. The average molecular weight is 201 g/mol. The summed E-state index contributed by atoms with van der Waals surface area (Å²) >= 11 is 5.63. The highest BCUT2D eigenvalue weighted by Crippen LogP contribution is 2.08. The Morgan fingerprint density at radius 1 is 1.69 bits per heavy atom. The lowest BCUT2D eigenvalue weighted by Gasteiger charge is -2.03. The molecule has 0 unspecified atom stereocenters. The van der Waals surface area contributed by atoms with Crippen LogP contribution < -0.4 is 5.32 Å². The van der Waals surface area contributed by atoms with Crippen molar-refractivity contribution in [1.29, 1.82) is 0 Å². The Balaban J connectivity index is 2.50. The molecule has 0 atom stereocenters. The van der Waals surface area contributed by atoms with Crippen LogP contribution in [-0.2, 0) is 9.53 Å². The Kier molecular flexibility index (Phi) is 3.52. The van der Waals surface area contributed by atoms with Crippen molar-refractivity contribution in [1.82, 2.24) is 4.98 Å². The fraction of sp³-hybridized carbons (Fsp3) is 0.250. The van der Waals surface area contributed by atoms with E-state index in [4.69, 9.17) is 11.6 Å². The van der Waals surface area contributed by atoms with Gasteiger partial charge in [-0.25, -0.2) is 4.98 Å². The van der Waals surface area contributed by atoms with Crippen molar-refractivity contribution in [2.45, 2.75) is 0 Å². The molecule has 1 aromatic heterocycles. The number of carbonyl (C=O) groups is 1. The highest BCUT2D eigenvalue weighted by Gasteiger charge is 2.00. The summed E-state index contributed by atoms with van der Waals surface area (Å²) in [6, 6.07) is 5.12. The fourth-order valence-corrected chi connectivity index (χ4v) is 0.905. The number of hydrogen-bond donors (Lipinski definition) is 1. The number of hydrogen-bond acceptors (Lipinski definition) is 4. The molecule has 13 heavy (non-hydrogen) atoms. The number of nitrogens with zero attached hydrogens (tertiary/aromatic N) is 1. The number of nitrogens with one attached hydrogen (secondary N) is 1. The van der Waals surface area contributed by atoms with E-state index in [1.165, 1.54) is 7.11 Å². The van der Waals surface area contributed by atoms with Crippen LogP contribution in [0.15, 0.2) is 18.2 Å². The monoisotopic (exact) mass is 200 g/mol. The predicted octanol–water partition coefficient (Wildman–Crippen LogP) is 1.32. The summed E-state index contributed by atoms with van der Waals surface area (Å²) in [6.07, 6.45) is 0. The first-order valence-corrected chi connectivity index (χ1v) is 4.03. The molecule has 0 fully saturated rings. The summed E-state index contributed by atoms with van der Waals surface area (Å²) in [4.78, 5) is 14.7. The van der Waals surface area contributed by atoms with Gasteiger partial charge in [0.2, 0.25) is 0 Å². The summed E-state index contributed by atoms with van der Waals surface area (Å²) in [5.41, 5.74) is 0. The number of anilines is 1. The van der Waals surface area contributed by atoms with E-state index in [1.807, 2.05) is 0 Å². The molecule has 1 heterocycles. The van der Waals surface area contributed by atoms with Crippen molar-refractivity contribution in [3.63, 3.8) is 0 Å². The van der Waals surface area contributed by atoms with Crippen LogP contribution in [0.4, 0.5) is 5.82 Å². The smallest absolute Gasteiger partial charge is 0.325 e. The number of halogens is 1. The van der Waals surface area contributed by atoms with E-state index >= 15 is 0 Å². The zero-order valence-electron chi connectivity index (χ0n) is 7.08. The maximum absolute atomic E-state index is 10.7. The normalized spacial score (nSPS) is 9.38. The van der Waals surface area contributed by atoms with Crippen LogP contribution in [-0.4, -0.2) is 24.6 Å². The molecule has 70 valence electrons. The maximum atomic E-state index is 10.7. The summed E-state index contributed by atoms with van der Waals surface area (Å²) < 4.78 is 4.44. The van der Waals surface area contributed by atoms with Gasteiger partial charge in [0.15, 0.2) is 0 Å². The lowest BCUT2D eigenvalue weighted by Crippen LogP contribution is -2.15. The van der Waals surface area contributed by atoms with Crippen LogP contribution in [0, 0.1) is 0 Å². The van der Waals surface area contributed by atoms with Gasteiger partial charge in [-0.3, -0.25) is 4.79 Å². The number of pyridine rings is 1. The third-order valence-corrected chi connectivity index (χ3v) is 1.57. The molecule has 0 aliphatic carbocycles. The first-order chi connectivity index (χ1) is 6.22. The lowest BCUT2D eigenvalue weighted by molar-refractivity contribution is -0.138. The predicted molar refractivity (Wildman–Crippen MR) is 49.8 cm³/mol. The molecule has 0 amide bonds. The summed E-state index contributed by atoms with van der Waals surface area (Å²) in [6.45, 7) is 0.0871. The summed E-state index contributed by atoms with van der Waals surface area (Å²) in [5, 5.41) is 3.15. The van der Waals surface area contributed by atoms with Gasteiger partial charge in [-0.2, -0.15) is 0 Å². The molecule has 0 bridgehead atoms.